The van der Waals surface area contributed by atoms with E-state index < -0.39 is 5.91 Å². The van der Waals surface area contributed by atoms with Crippen LogP contribution in [0.4, 0.5) is 5.69 Å². The predicted octanol–water partition coefficient (Wildman–Crippen LogP) is 2.79. The van der Waals surface area contributed by atoms with E-state index in [0.29, 0.717) is 35.7 Å². The number of hydrogen-bond donors (Lipinski definition) is 1. The Morgan fingerprint density at radius 2 is 1.75 bits per heavy atom. The Morgan fingerprint density at radius 3 is 2.36 bits per heavy atom. The second-order valence-electron chi connectivity index (χ2n) is 6.33. The summed E-state index contributed by atoms with van der Waals surface area (Å²) in [4.78, 5) is 27.0. The molecule has 2 heterocycles. The fourth-order valence-electron chi connectivity index (χ4n) is 3.34. The molecule has 0 bridgehead atoms. The Labute approximate surface area is 175 Å². The third-order valence-corrected chi connectivity index (χ3v) is 5.42. The van der Waals surface area contributed by atoms with Gasteiger partial charge in [-0.3, -0.25) is 9.59 Å². The summed E-state index contributed by atoms with van der Waals surface area (Å²) in [6.45, 7) is 0.459. The Bertz CT molecular complexity index is 1060. The van der Waals surface area contributed by atoms with Crippen LogP contribution >= 0.6 is 22.6 Å². The molecule has 4 rings (SSSR count). The highest BCUT2D eigenvalue weighted by Gasteiger charge is 2.34. The van der Waals surface area contributed by atoms with Gasteiger partial charge in [0.15, 0.2) is 5.69 Å². The highest BCUT2D eigenvalue weighted by molar-refractivity contribution is 14.1. The van der Waals surface area contributed by atoms with Gasteiger partial charge in [-0.1, -0.05) is 0 Å². The van der Waals surface area contributed by atoms with Gasteiger partial charge in [0.05, 0.1) is 12.8 Å². The second-order valence-corrected chi connectivity index (χ2v) is 7.58. The minimum absolute atomic E-state index is 0.140. The van der Waals surface area contributed by atoms with Gasteiger partial charge in [0, 0.05) is 21.4 Å². The summed E-state index contributed by atoms with van der Waals surface area (Å²) in [6.07, 6.45) is 0.501. The van der Waals surface area contributed by atoms with Crippen LogP contribution < -0.4 is 15.4 Å². The lowest BCUT2D eigenvalue weighted by Crippen LogP contribution is -2.39. The summed E-state index contributed by atoms with van der Waals surface area (Å²) in [7, 11) is 1.58. The van der Waals surface area contributed by atoms with E-state index in [2.05, 4.69) is 27.7 Å². The molecule has 0 saturated carbocycles. The number of hydrogen-bond acceptors (Lipinski definition) is 4. The van der Waals surface area contributed by atoms with Crippen molar-refractivity contribution in [2.24, 2.45) is 5.73 Å². The van der Waals surface area contributed by atoms with Gasteiger partial charge >= 0.3 is 0 Å². The van der Waals surface area contributed by atoms with Gasteiger partial charge in [-0.25, -0.2) is 4.68 Å². The number of benzene rings is 2. The molecular weight excluding hydrogens is 471 g/mol. The molecule has 2 aromatic carbocycles. The fourth-order valence-corrected chi connectivity index (χ4v) is 3.70. The molecule has 0 fully saturated rings. The molecule has 2 amide bonds. The molecule has 8 heteroatoms. The van der Waals surface area contributed by atoms with E-state index >= 15 is 0 Å². The standard InChI is InChI=1S/C20H17IN4O3/c1-28-15-8-6-14(7-9-15)25-18-16(17(23-25)19(22)26)10-11-24(20(18)27)13-4-2-12(21)3-5-13/h2-9H,10-11H2,1H3,(H2,22,26). The topological polar surface area (TPSA) is 90.5 Å². The molecule has 0 atom stereocenters. The number of carbonyl (C=O) groups excluding carboxylic acids is 2. The Balaban J connectivity index is 1.83. The molecule has 142 valence electrons. The normalized spacial score (nSPS) is 13.4. The summed E-state index contributed by atoms with van der Waals surface area (Å²) in [5, 5.41) is 4.36. The molecule has 1 aliphatic rings. The number of nitrogens with zero attached hydrogens (tertiary/aromatic N) is 3. The first-order chi connectivity index (χ1) is 13.5. The van der Waals surface area contributed by atoms with Crippen LogP contribution in [-0.2, 0) is 6.42 Å². The number of rotatable bonds is 4. The van der Waals surface area contributed by atoms with Crippen LogP contribution in [0.3, 0.4) is 0 Å². The Kier molecular flexibility index (Phi) is 4.80. The Hall–Kier alpha value is -2.88. The third-order valence-electron chi connectivity index (χ3n) is 4.71. The lowest BCUT2D eigenvalue weighted by Gasteiger charge is -2.27. The number of primary amides is 1. The smallest absolute Gasteiger partial charge is 0.277 e. The fraction of sp³-hybridized carbons (Fsp3) is 0.150. The molecule has 0 spiro atoms. The van der Waals surface area contributed by atoms with Crippen LogP contribution in [0, 0.1) is 3.57 Å². The van der Waals surface area contributed by atoms with E-state index in [1.165, 1.54) is 4.68 Å². The summed E-state index contributed by atoms with van der Waals surface area (Å²) < 4.78 is 7.77. The minimum atomic E-state index is -0.640. The number of anilines is 1. The van der Waals surface area contributed by atoms with Crippen LogP contribution in [0.1, 0.15) is 26.5 Å². The van der Waals surface area contributed by atoms with Crippen molar-refractivity contribution in [3.63, 3.8) is 0 Å². The number of halogens is 1. The maximum atomic E-state index is 13.3. The van der Waals surface area contributed by atoms with E-state index in [0.717, 1.165) is 9.26 Å². The van der Waals surface area contributed by atoms with Crippen LogP contribution in [0.5, 0.6) is 5.75 Å². The first-order valence-electron chi connectivity index (χ1n) is 8.63. The third kappa shape index (κ3) is 3.13. The predicted molar refractivity (Wildman–Crippen MR) is 113 cm³/mol. The van der Waals surface area contributed by atoms with Crippen molar-refractivity contribution >= 4 is 40.1 Å². The van der Waals surface area contributed by atoms with E-state index in [1.807, 2.05) is 24.3 Å². The van der Waals surface area contributed by atoms with Crippen molar-refractivity contribution in [1.29, 1.82) is 0 Å². The molecule has 0 aliphatic carbocycles. The highest BCUT2D eigenvalue weighted by Crippen LogP contribution is 2.29. The molecule has 1 aliphatic heterocycles. The molecule has 0 radical (unpaired) electrons. The highest BCUT2D eigenvalue weighted by atomic mass is 127. The zero-order valence-corrected chi connectivity index (χ0v) is 17.2. The van der Waals surface area contributed by atoms with Crippen molar-refractivity contribution in [1.82, 2.24) is 9.78 Å². The minimum Gasteiger partial charge on any atom is -0.497 e. The average Bonchev–Trinajstić information content (AvgIpc) is 3.10. The monoisotopic (exact) mass is 488 g/mol. The second kappa shape index (κ2) is 7.27. The van der Waals surface area contributed by atoms with Gasteiger partial charge < -0.3 is 15.4 Å². The van der Waals surface area contributed by atoms with Gasteiger partial charge in [0.1, 0.15) is 11.4 Å². The van der Waals surface area contributed by atoms with E-state index in [1.54, 1.807) is 36.3 Å². The molecule has 7 nitrogen and oxygen atoms in total. The molecule has 28 heavy (non-hydrogen) atoms. The van der Waals surface area contributed by atoms with Crippen molar-refractivity contribution in [2.45, 2.75) is 6.42 Å². The molecule has 0 unspecified atom stereocenters. The van der Waals surface area contributed by atoms with Crippen LogP contribution in [0.15, 0.2) is 48.5 Å². The maximum absolute atomic E-state index is 13.3. The molecule has 3 aromatic rings. The number of carbonyl (C=O) groups is 2. The molecule has 1 aromatic heterocycles. The molecular formula is C20H17IN4O3. The van der Waals surface area contributed by atoms with Gasteiger partial charge in [-0.05, 0) is 77.5 Å². The molecule has 2 N–H and O–H groups in total. The SMILES string of the molecule is COc1ccc(-n2nc(C(N)=O)c3c2C(=O)N(c2ccc(I)cc2)CC3)cc1. The average molecular weight is 488 g/mol. The van der Waals surface area contributed by atoms with Gasteiger partial charge in [-0.15, -0.1) is 0 Å². The zero-order valence-electron chi connectivity index (χ0n) is 15.1. The number of methoxy groups -OCH3 is 1. The Morgan fingerprint density at radius 1 is 1.11 bits per heavy atom. The van der Waals surface area contributed by atoms with Crippen molar-refractivity contribution in [3.8, 4) is 11.4 Å². The summed E-state index contributed by atoms with van der Waals surface area (Å²) >= 11 is 2.22. The van der Waals surface area contributed by atoms with Gasteiger partial charge in [-0.2, -0.15) is 5.10 Å². The van der Waals surface area contributed by atoms with Crippen LogP contribution in [0.25, 0.3) is 5.69 Å². The quantitative estimate of drug-likeness (QED) is 0.572. The summed E-state index contributed by atoms with van der Waals surface area (Å²) in [5.41, 5.74) is 8.08. The number of ether oxygens (including phenoxy) is 1. The van der Waals surface area contributed by atoms with Crippen molar-refractivity contribution in [3.05, 3.63) is 69.1 Å². The number of nitrogens with two attached hydrogens (primary N) is 1. The first kappa shape index (κ1) is 18.5. The maximum Gasteiger partial charge on any atom is 0.277 e. The van der Waals surface area contributed by atoms with E-state index in [9.17, 15) is 9.59 Å². The first-order valence-corrected chi connectivity index (χ1v) is 9.71. The number of aromatic nitrogens is 2. The van der Waals surface area contributed by atoms with Crippen LogP contribution in [0.2, 0.25) is 0 Å². The lowest BCUT2D eigenvalue weighted by molar-refractivity contribution is 0.0972. The van der Waals surface area contributed by atoms with E-state index in [4.69, 9.17) is 10.5 Å². The summed E-state index contributed by atoms with van der Waals surface area (Å²) in [6, 6.07) is 14.8. The van der Waals surface area contributed by atoms with Crippen LogP contribution in [-0.4, -0.2) is 35.2 Å². The van der Waals surface area contributed by atoms with Crippen molar-refractivity contribution < 1.29 is 14.3 Å². The lowest BCUT2D eigenvalue weighted by atomic mass is 10.0. The zero-order chi connectivity index (χ0) is 19.8. The largest absolute Gasteiger partial charge is 0.497 e. The molecule has 0 saturated heterocycles. The number of amides is 2. The van der Waals surface area contributed by atoms with Crippen molar-refractivity contribution in [2.75, 3.05) is 18.6 Å². The van der Waals surface area contributed by atoms with Gasteiger partial charge in [0.2, 0.25) is 0 Å². The van der Waals surface area contributed by atoms with Gasteiger partial charge in [0.25, 0.3) is 11.8 Å². The van der Waals surface area contributed by atoms with E-state index in [-0.39, 0.29) is 11.6 Å². The number of fused-ring (bicyclic) bond motifs is 1. The summed E-state index contributed by atoms with van der Waals surface area (Å²) in [5.74, 6) is -0.163.